The lowest BCUT2D eigenvalue weighted by Crippen LogP contribution is -2.42. The van der Waals surface area contributed by atoms with Crippen molar-refractivity contribution in [2.24, 2.45) is 11.3 Å². The average Bonchev–Trinajstić information content (AvgIpc) is 2.79. The summed E-state index contributed by atoms with van der Waals surface area (Å²) in [5.41, 5.74) is 1.06. The lowest BCUT2D eigenvalue weighted by Gasteiger charge is -2.36. The van der Waals surface area contributed by atoms with Gasteiger partial charge in [-0.05, 0) is 18.4 Å². The Morgan fingerprint density at radius 2 is 2.20 bits per heavy atom. The van der Waals surface area contributed by atoms with Gasteiger partial charge >= 0.3 is 5.97 Å². The summed E-state index contributed by atoms with van der Waals surface area (Å²) in [6, 6.07) is 10.2. The van der Waals surface area contributed by atoms with Crippen LogP contribution in [-0.4, -0.2) is 42.3 Å². The Morgan fingerprint density at radius 1 is 1.40 bits per heavy atom. The number of benzene rings is 1. The van der Waals surface area contributed by atoms with E-state index in [4.69, 9.17) is 4.74 Å². The molecular formula is C16H21NO3. The molecule has 108 valence electrons. The minimum absolute atomic E-state index is 0.182. The number of carboxylic acid groups (broad SMARTS) is 1. The van der Waals surface area contributed by atoms with Gasteiger partial charge in [-0.3, -0.25) is 9.69 Å². The number of hydrogen-bond donors (Lipinski definition) is 1. The number of hydrogen-bond acceptors (Lipinski definition) is 3. The van der Waals surface area contributed by atoms with Gasteiger partial charge in [0.2, 0.25) is 0 Å². The van der Waals surface area contributed by atoms with Crippen molar-refractivity contribution in [2.75, 3.05) is 26.3 Å². The molecule has 0 aliphatic carbocycles. The summed E-state index contributed by atoms with van der Waals surface area (Å²) in [6.45, 7) is 3.65. The lowest BCUT2D eigenvalue weighted by molar-refractivity contribution is -0.148. The van der Waals surface area contributed by atoms with Crippen molar-refractivity contribution in [3.05, 3.63) is 35.9 Å². The second-order valence-corrected chi connectivity index (χ2v) is 6.06. The van der Waals surface area contributed by atoms with Crippen LogP contribution in [0.3, 0.4) is 0 Å². The highest BCUT2D eigenvalue weighted by molar-refractivity contribution is 5.72. The Labute approximate surface area is 119 Å². The highest BCUT2D eigenvalue weighted by Gasteiger charge is 2.50. The molecule has 0 bridgehead atoms. The minimum atomic E-state index is -0.675. The fourth-order valence-corrected chi connectivity index (χ4v) is 3.65. The van der Waals surface area contributed by atoms with Gasteiger partial charge in [0.05, 0.1) is 12.5 Å². The first-order valence-corrected chi connectivity index (χ1v) is 7.26. The number of nitrogens with zero attached hydrogens (tertiary/aromatic N) is 1. The number of carbonyl (C=O) groups is 1. The third kappa shape index (κ3) is 2.58. The van der Waals surface area contributed by atoms with Gasteiger partial charge in [0.1, 0.15) is 0 Å². The zero-order valence-corrected chi connectivity index (χ0v) is 11.6. The van der Waals surface area contributed by atoms with Gasteiger partial charge in [0, 0.05) is 31.7 Å². The smallest absolute Gasteiger partial charge is 0.308 e. The maximum Gasteiger partial charge on any atom is 0.308 e. The van der Waals surface area contributed by atoms with Crippen LogP contribution in [0.2, 0.25) is 0 Å². The topological polar surface area (TPSA) is 49.8 Å². The zero-order chi connectivity index (χ0) is 14.0. The molecule has 2 aliphatic rings. The second kappa shape index (κ2) is 5.54. The van der Waals surface area contributed by atoms with Gasteiger partial charge in [0.25, 0.3) is 0 Å². The summed E-state index contributed by atoms with van der Waals surface area (Å²) in [5.74, 6) is -0.974. The Morgan fingerprint density at radius 3 is 2.85 bits per heavy atom. The van der Waals surface area contributed by atoms with Crippen molar-refractivity contribution in [2.45, 2.75) is 19.4 Å². The molecule has 0 aromatic heterocycles. The van der Waals surface area contributed by atoms with Crippen LogP contribution in [-0.2, 0) is 16.1 Å². The van der Waals surface area contributed by atoms with Crippen LogP contribution in [0, 0.1) is 11.3 Å². The summed E-state index contributed by atoms with van der Waals surface area (Å²) < 4.78 is 5.60. The third-order valence-corrected chi connectivity index (χ3v) is 4.62. The van der Waals surface area contributed by atoms with E-state index < -0.39 is 5.97 Å². The maximum atomic E-state index is 11.6. The molecule has 0 radical (unpaired) electrons. The molecule has 4 nitrogen and oxygen atoms in total. The summed E-state index contributed by atoms with van der Waals surface area (Å²) in [5, 5.41) is 9.53. The highest BCUT2D eigenvalue weighted by atomic mass is 16.5. The van der Waals surface area contributed by atoms with Crippen molar-refractivity contribution < 1.29 is 14.6 Å². The van der Waals surface area contributed by atoms with Crippen LogP contribution < -0.4 is 0 Å². The van der Waals surface area contributed by atoms with Gasteiger partial charge < -0.3 is 9.84 Å². The summed E-state index contributed by atoms with van der Waals surface area (Å²) >= 11 is 0. The molecule has 20 heavy (non-hydrogen) atoms. The fraction of sp³-hybridized carbons (Fsp3) is 0.562. The normalized spacial score (nSPS) is 30.7. The quantitative estimate of drug-likeness (QED) is 0.916. The maximum absolute atomic E-state index is 11.6. The molecule has 4 heteroatoms. The number of likely N-dealkylation sites (tertiary alicyclic amines) is 1. The summed E-state index contributed by atoms with van der Waals surface area (Å²) in [6.07, 6.45) is 1.94. The number of ether oxygens (including phenoxy) is 1. The predicted octanol–water partition coefficient (Wildman–Crippen LogP) is 2.00. The predicted molar refractivity (Wildman–Crippen MR) is 75.3 cm³/mol. The standard InChI is InChI=1S/C16H21NO3/c18-15(19)14-10-17(9-13-5-2-1-3-6-13)11-16(14)7-4-8-20-12-16/h1-3,5-6,14H,4,7-12H2,(H,18,19)/t14-,16-/m1/s1. The third-order valence-electron chi connectivity index (χ3n) is 4.62. The molecule has 2 atom stereocenters. The second-order valence-electron chi connectivity index (χ2n) is 6.06. The van der Waals surface area contributed by atoms with E-state index in [-0.39, 0.29) is 11.3 Å². The summed E-state index contributed by atoms with van der Waals surface area (Å²) in [7, 11) is 0. The monoisotopic (exact) mass is 275 g/mol. The molecule has 2 saturated heterocycles. The first-order valence-electron chi connectivity index (χ1n) is 7.26. The van der Waals surface area contributed by atoms with Gasteiger partial charge in [-0.2, -0.15) is 0 Å². The number of rotatable bonds is 3. The Balaban J connectivity index is 1.74. The first-order chi connectivity index (χ1) is 9.70. The number of aliphatic carboxylic acids is 1. The Hall–Kier alpha value is -1.39. The van der Waals surface area contributed by atoms with Crippen LogP contribution in [0.4, 0.5) is 0 Å². The molecule has 3 rings (SSSR count). The molecule has 2 fully saturated rings. The van der Waals surface area contributed by atoms with Crippen molar-refractivity contribution in [1.29, 1.82) is 0 Å². The molecule has 1 spiro atoms. The molecular weight excluding hydrogens is 254 g/mol. The van der Waals surface area contributed by atoms with Crippen LogP contribution >= 0.6 is 0 Å². The first kappa shape index (κ1) is 13.6. The fourth-order valence-electron chi connectivity index (χ4n) is 3.65. The van der Waals surface area contributed by atoms with Crippen LogP contribution in [0.25, 0.3) is 0 Å². The largest absolute Gasteiger partial charge is 0.481 e. The van der Waals surface area contributed by atoms with Gasteiger partial charge in [-0.25, -0.2) is 0 Å². The van der Waals surface area contributed by atoms with E-state index in [2.05, 4.69) is 17.0 Å². The average molecular weight is 275 g/mol. The van der Waals surface area contributed by atoms with Gasteiger partial charge in [-0.1, -0.05) is 30.3 Å². The minimum Gasteiger partial charge on any atom is -0.481 e. The molecule has 1 N–H and O–H groups in total. The van der Waals surface area contributed by atoms with Crippen molar-refractivity contribution in [3.63, 3.8) is 0 Å². The molecule has 0 unspecified atom stereocenters. The SMILES string of the molecule is O=C(O)[C@H]1CN(Cc2ccccc2)C[C@@]12CCCOC2. The molecule has 0 saturated carbocycles. The van der Waals surface area contributed by atoms with Crippen molar-refractivity contribution in [3.8, 4) is 0 Å². The Bertz CT molecular complexity index is 468. The van der Waals surface area contributed by atoms with E-state index in [9.17, 15) is 9.90 Å². The van der Waals surface area contributed by atoms with Crippen molar-refractivity contribution >= 4 is 5.97 Å². The van der Waals surface area contributed by atoms with E-state index in [1.54, 1.807) is 0 Å². The molecule has 2 aliphatic heterocycles. The van der Waals surface area contributed by atoms with Crippen LogP contribution in [0.1, 0.15) is 18.4 Å². The van der Waals surface area contributed by atoms with E-state index in [1.807, 2.05) is 18.2 Å². The van der Waals surface area contributed by atoms with Gasteiger partial charge in [0.15, 0.2) is 0 Å². The molecule has 1 aromatic rings. The van der Waals surface area contributed by atoms with E-state index in [0.29, 0.717) is 13.2 Å². The van der Waals surface area contributed by atoms with Crippen LogP contribution in [0.5, 0.6) is 0 Å². The van der Waals surface area contributed by atoms with Crippen LogP contribution in [0.15, 0.2) is 30.3 Å². The van der Waals surface area contributed by atoms with E-state index in [1.165, 1.54) is 5.56 Å². The van der Waals surface area contributed by atoms with E-state index in [0.717, 1.165) is 32.5 Å². The summed E-state index contributed by atoms with van der Waals surface area (Å²) in [4.78, 5) is 13.9. The van der Waals surface area contributed by atoms with E-state index >= 15 is 0 Å². The molecule has 1 aromatic carbocycles. The van der Waals surface area contributed by atoms with Crippen molar-refractivity contribution in [1.82, 2.24) is 4.90 Å². The highest BCUT2D eigenvalue weighted by Crippen LogP contribution is 2.43. The lowest BCUT2D eigenvalue weighted by atomic mass is 9.74. The van der Waals surface area contributed by atoms with Gasteiger partial charge in [-0.15, -0.1) is 0 Å². The zero-order valence-electron chi connectivity index (χ0n) is 11.6. The molecule has 0 amide bonds. The number of carboxylic acids is 1. The Kier molecular flexibility index (Phi) is 3.76. The molecule has 2 heterocycles.